The normalized spacial score (nSPS) is 10.6. The minimum atomic E-state index is 0.301. The Hall–Kier alpha value is -0.530. The second-order valence-electron chi connectivity index (χ2n) is 4.48. The monoisotopic (exact) mass is 199 g/mol. The van der Waals surface area contributed by atoms with Gasteiger partial charge in [-0.05, 0) is 12.3 Å². The number of rotatable bonds is 7. The highest BCUT2D eigenvalue weighted by molar-refractivity contribution is 5.75. The first-order valence-electron chi connectivity index (χ1n) is 5.81. The van der Waals surface area contributed by atoms with Crippen molar-refractivity contribution in [2.24, 2.45) is 5.92 Å². The van der Waals surface area contributed by atoms with Gasteiger partial charge < -0.3 is 4.90 Å². The van der Waals surface area contributed by atoms with E-state index in [1.54, 1.807) is 0 Å². The van der Waals surface area contributed by atoms with Crippen LogP contribution in [0.15, 0.2) is 0 Å². The molecule has 0 saturated carbocycles. The number of carbonyl (C=O) groups is 1. The van der Waals surface area contributed by atoms with Crippen molar-refractivity contribution < 1.29 is 4.79 Å². The predicted octanol–water partition coefficient (Wildman–Crippen LogP) is 3.07. The topological polar surface area (TPSA) is 20.3 Å². The Kier molecular flexibility index (Phi) is 7.54. The van der Waals surface area contributed by atoms with Crippen LogP contribution in [-0.4, -0.2) is 24.4 Å². The van der Waals surface area contributed by atoms with Crippen molar-refractivity contribution in [2.75, 3.05) is 13.6 Å². The lowest BCUT2D eigenvalue weighted by Gasteiger charge is -2.19. The third kappa shape index (κ3) is 6.93. The highest BCUT2D eigenvalue weighted by Gasteiger charge is 2.08. The SMILES string of the molecule is CCCCCCC(=O)N(C)CC(C)C. The van der Waals surface area contributed by atoms with Crippen molar-refractivity contribution in [1.82, 2.24) is 4.90 Å². The third-order valence-corrected chi connectivity index (χ3v) is 2.31. The molecule has 0 aromatic rings. The molecule has 0 radical (unpaired) electrons. The van der Waals surface area contributed by atoms with Crippen LogP contribution in [0.5, 0.6) is 0 Å². The molecule has 0 aromatic carbocycles. The van der Waals surface area contributed by atoms with Crippen LogP contribution < -0.4 is 0 Å². The van der Waals surface area contributed by atoms with Gasteiger partial charge in [0, 0.05) is 20.0 Å². The van der Waals surface area contributed by atoms with Crippen LogP contribution in [0.3, 0.4) is 0 Å². The number of unbranched alkanes of at least 4 members (excludes halogenated alkanes) is 3. The maximum atomic E-state index is 11.6. The lowest BCUT2D eigenvalue weighted by molar-refractivity contribution is -0.130. The summed E-state index contributed by atoms with van der Waals surface area (Å²) < 4.78 is 0. The van der Waals surface area contributed by atoms with Crippen LogP contribution in [0.2, 0.25) is 0 Å². The zero-order valence-electron chi connectivity index (χ0n) is 10.2. The van der Waals surface area contributed by atoms with E-state index >= 15 is 0 Å². The highest BCUT2D eigenvalue weighted by atomic mass is 16.2. The highest BCUT2D eigenvalue weighted by Crippen LogP contribution is 2.05. The molecule has 0 N–H and O–H groups in total. The Morgan fingerprint density at radius 2 is 1.86 bits per heavy atom. The largest absolute Gasteiger partial charge is 0.346 e. The Morgan fingerprint density at radius 3 is 2.36 bits per heavy atom. The van der Waals surface area contributed by atoms with Crippen molar-refractivity contribution in [2.45, 2.75) is 52.9 Å². The number of amides is 1. The van der Waals surface area contributed by atoms with Gasteiger partial charge in [-0.1, -0.05) is 40.0 Å². The van der Waals surface area contributed by atoms with Gasteiger partial charge in [-0.3, -0.25) is 4.79 Å². The van der Waals surface area contributed by atoms with Crippen molar-refractivity contribution in [1.29, 1.82) is 0 Å². The van der Waals surface area contributed by atoms with Gasteiger partial charge in [-0.15, -0.1) is 0 Å². The van der Waals surface area contributed by atoms with Gasteiger partial charge in [0.25, 0.3) is 0 Å². The van der Waals surface area contributed by atoms with Crippen molar-refractivity contribution in [3.05, 3.63) is 0 Å². The van der Waals surface area contributed by atoms with Gasteiger partial charge >= 0.3 is 0 Å². The molecule has 0 rings (SSSR count). The van der Waals surface area contributed by atoms with Crippen LogP contribution in [0.1, 0.15) is 52.9 Å². The Labute approximate surface area is 88.7 Å². The summed E-state index contributed by atoms with van der Waals surface area (Å²) in [6.45, 7) is 7.35. The van der Waals surface area contributed by atoms with Gasteiger partial charge in [0.05, 0.1) is 0 Å². The summed E-state index contributed by atoms with van der Waals surface area (Å²) in [5.74, 6) is 0.870. The fraction of sp³-hybridized carbons (Fsp3) is 0.917. The van der Waals surface area contributed by atoms with Crippen LogP contribution in [0.25, 0.3) is 0 Å². The molecule has 0 heterocycles. The lowest BCUT2D eigenvalue weighted by Crippen LogP contribution is -2.29. The molecule has 14 heavy (non-hydrogen) atoms. The number of hydrogen-bond donors (Lipinski definition) is 0. The molecule has 0 unspecified atom stereocenters. The molecule has 0 aliphatic carbocycles. The molecule has 0 aliphatic heterocycles. The van der Waals surface area contributed by atoms with Gasteiger partial charge in [-0.2, -0.15) is 0 Å². The molecule has 1 amide bonds. The summed E-state index contributed by atoms with van der Waals surface area (Å²) in [6, 6.07) is 0. The van der Waals surface area contributed by atoms with E-state index in [1.165, 1.54) is 19.3 Å². The molecular weight excluding hydrogens is 174 g/mol. The molecule has 0 atom stereocenters. The predicted molar refractivity (Wildman–Crippen MR) is 61.2 cm³/mol. The number of nitrogens with zero attached hydrogens (tertiary/aromatic N) is 1. The minimum Gasteiger partial charge on any atom is -0.346 e. The van der Waals surface area contributed by atoms with E-state index in [0.717, 1.165) is 19.4 Å². The van der Waals surface area contributed by atoms with Crippen molar-refractivity contribution in [3.8, 4) is 0 Å². The quantitative estimate of drug-likeness (QED) is 0.577. The summed E-state index contributed by atoms with van der Waals surface area (Å²) in [7, 11) is 1.90. The summed E-state index contributed by atoms with van der Waals surface area (Å²) in [5.41, 5.74) is 0. The average Bonchev–Trinajstić information content (AvgIpc) is 2.11. The van der Waals surface area contributed by atoms with Crippen LogP contribution in [0, 0.1) is 5.92 Å². The first-order chi connectivity index (χ1) is 6.57. The molecule has 84 valence electrons. The fourth-order valence-electron chi connectivity index (χ4n) is 1.54. The van der Waals surface area contributed by atoms with Crippen LogP contribution in [0.4, 0.5) is 0 Å². The third-order valence-electron chi connectivity index (χ3n) is 2.31. The molecular formula is C12H25NO. The van der Waals surface area contributed by atoms with Crippen molar-refractivity contribution in [3.63, 3.8) is 0 Å². The Morgan fingerprint density at radius 1 is 1.21 bits per heavy atom. The summed E-state index contributed by atoms with van der Waals surface area (Å²) >= 11 is 0. The molecule has 0 bridgehead atoms. The van der Waals surface area contributed by atoms with E-state index in [9.17, 15) is 4.79 Å². The molecule has 0 saturated heterocycles. The zero-order valence-corrected chi connectivity index (χ0v) is 10.2. The van der Waals surface area contributed by atoms with Gasteiger partial charge in [0.1, 0.15) is 0 Å². The van der Waals surface area contributed by atoms with E-state index < -0.39 is 0 Å². The van der Waals surface area contributed by atoms with Gasteiger partial charge in [0.15, 0.2) is 0 Å². The molecule has 0 aromatic heterocycles. The van der Waals surface area contributed by atoms with Crippen LogP contribution in [-0.2, 0) is 4.79 Å². The zero-order chi connectivity index (χ0) is 11.0. The first kappa shape index (κ1) is 13.5. The Bertz CT molecular complexity index is 154. The van der Waals surface area contributed by atoms with E-state index in [2.05, 4.69) is 20.8 Å². The van der Waals surface area contributed by atoms with Crippen LogP contribution >= 0.6 is 0 Å². The van der Waals surface area contributed by atoms with Gasteiger partial charge in [0.2, 0.25) is 5.91 Å². The standard InChI is InChI=1S/C12H25NO/c1-5-6-7-8-9-12(14)13(4)10-11(2)3/h11H,5-10H2,1-4H3. The second kappa shape index (κ2) is 7.84. The van der Waals surface area contributed by atoms with E-state index in [4.69, 9.17) is 0 Å². The summed E-state index contributed by atoms with van der Waals surface area (Å²) in [4.78, 5) is 13.4. The maximum Gasteiger partial charge on any atom is 0.222 e. The Balaban J connectivity index is 3.52. The smallest absolute Gasteiger partial charge is 0.222 e. The lowest BCUT2D eigenvalue weighted by atomic mass is 10.1. The second-order valence-corrected chi connectivity index (χ2v) is 4.48. The summed E-state index contributed by atoms with van der Waals surface area (Å²) in [5, 5.41) is 0. The van der Waals surface area contributed by atoms with E-state index in [-0.39, 0.29) is 0 Å². The number of carbonyl (C=O) groups excluding carboxylic acids is 1. The molecule has 0 fully saturated rings. The summed E-state index contributed by atoms with van der Waals surface area (Å²) in [6.07, 6.45) is 5.45. The molecule has 0 spiro atoms. The molecule has 2 heteroatoms. The average molecular weight is 199 g/mol. The van der Waals surface area contributed by atoms with Crippen molar-refractivity contribution >= 4 is 5.91 Å². The van der Waals surface area contributed by atoms with Gasteiger partial charge in [-0.25, -0.2) is 0 Å². The van der Waals surface area contributed by atoms with E-state index in [0.29, 0.717) is 11.8 Å². The fourth-order valence-corrected chi connectivity index (χ4v) is 1.54. The minimum absolute atomic E-state index is 0.301. The maximum absolute atomic E-state index is 11.6. The molecule has 2 nitrogen and oxygen atoms in total. The number of hydrogen-bond acceptors (Lipinski definition) is 1. The van der Waals surface area contributed by atoms with E-state index in [1.807, 2.05) is 11.9 Å². The molecule has 0 aliphatic rings. The first-order valence-corrected chi connectivity index (χ1v) is 5.81.